The van der Waals surface area contributed by atoms with Gasteiger partial charge in [0.05, 0.1) is 18.0 Å². The summed E-state index contributed by atoms with van der Waals surface area (Å²) >= 11 is 8.61. The first-order chi connectivity index (χ1) is 7.45. The predicted octanol–water partition coefficient (Wildman–Crippen LogP) is 3.15. The molecule has 0 aliphatic heterocycles. The Hall–Kier alpha value is -0.750. The molecule has 1 rings (SSSR count). The Balaban J connectivity index is 3.24. The van der Waals surface area contributed by atoms with E-state index >= 15 is 0 Å². The standard InChI is InChI=1S/C9H7BrClF2NO2/c10-5-1-4(2-7(15)16)8(9(12)13)14-6(5)3-11/h1,9H,2-3H2,(H,15,16). The van der Waals surface area contributed by atoms with Gasteiger partial charge in [-0.1, -0.05) is 0 Å². The van der Waals surface area contributed by atoms with Gasteiger partial charge in [-0.3, -0.25) is 4.79 Å². The largest absolute Gasteiger partial charge is 0.481 e. The molecule has 1 aromatic heterocycles. The van der Waals surface area contributed by atoms with Gasteiger partial charge in [0.25, 0.3) is 6.43 Å². The lowest BCUT2D eigenvalue weighted by Gasteiger charge is -2.09. The van der Waals surface area contributed by atoms with Gasteiger partial charge in [-0.15, -0.1) is 11.6 Å². The van der Waals surface area contributed by atoms with Crippen LogP contribution in [-0.4, -0.2) is 16.1 Å². The second-order valence-electron chi connectivity index (χ2n) is 2.97. The first-order valence-corrected chi connectivity index (χ1v) is 5.52. The third kappa shape index (κ3) is 3.12. The van der Waals surface area contributed by atoms with Crippen molar-refractivity contribution in [2.24, 2.45) is 0 Å². The van der Waals surface area contributed by atoms with Gasteiger partial charge in [-0.25, -0.2) is 13.8 Å². The quantitative estimate of drug-likeness (QED) is 0.869. The topological polar surface area (TPSA) is 50.2 Å². The lowest BCUT2D eigenvalue weighted by Crippen LogP contribution is -2.07. The molecule has 0 fully saturated rings. The number of carbonyl (C=O) groups is 1. The molecule has 0 aliphatic carbocycles. The van der Waals surface area contributed by atoms with Crippen molar-refractivity contribution in [1.29, 1.82) is 0 Å². The van der Waals surface area contributed by atoms with Crippen molar-refractivity contribution >= 4 is 33.5 Å². The summed E-state index contributed by atoms with van der Waals surface area (Å²) in [5.41, 5.74) is -0.268. The number of hydrogen-bond donors (Lipinski definition) is 1. The first-order valence-electron chi connectivity index (χ1n) is 4.19. The van der Waals surface area contributed by atoms with Crippen LogP contribution >= 0.6 is 27.5 Å². The Kier molecular flexibility index (Phi) is 4.61. The molecular formula is C9H7BrClF2NO2. The van der Waals surface area contributed by atoms with Crippen molar-refractivity contribution < 1.29 is 18.7 Å². The highest BCUT2D eigenvalue weighted by Crippen LogP contribution is 2.27. The van der Waals surface area contributed by atoms with Gasteiger partial charge in [0.15, 0.2) is 0 Å². The molecule has 0 atom stereocenters. The Morgan fingerprint density at radius 1 is 1.62 bits per heavy atom. The molecule has 0 amide bonds. The Bertz CT molecular complexity index is 415. The van der Waals surface area contributed by atoms with Crippen LogP contribution in [0.3, 0.4) is 0 Å². The van der Waals surface area contributed by atoms with Crippen LogP contribution in [0.1, 0.15) is 23.4 Å². The number of hydrogen-bond acceptors (Lipinski definition) is 2. The lowest BCUT2D eigenvalue weighted by atomic mass is 10.1. The van der Waals surface area contributed by atoms with Gasteiger partial charge in [0, 0.05) is 4.47 Å². The number of pyridine rings is 1. The highest BCUT2D eigenvalue weighted by Gasteiger charge is 2.19. The highest BCUT2D eigenvalue weighted by atomic mass is 79.9. The van der Waals surface area contributed by atoms with Crippen LogP contribution < -0.4 is 0 Å². The molecule has 0 radical (unpaired) electrons. The average molecular weight is 315 g/mol. The average Bonchev–Trinajstić information content (AvgIpc) is 2.16. The zero-order valence-corrected chi connectivity index (χ0v) is 10.2. The van der Waals surface area contributed by atoms with Crippen LogP contribution in [0.4, 0.5) is 8.78 Å². The summed E-state index contributed by atoms with van der Waals surface area (Å²) in [4.78, 5) is 14.1. The molecule has 0 aliphatic rings. The minimum Gasteiger partial charge on any atom is -0.481 e. The summed E-state index contributed by atoms with van der Waals surface area (Å²) in [6, 6.07) is 1.32. The van der Waals surface area contributed by atoms with Crippen LogP contribution in [0.5, 0.6) is 0 Å². The molecule has 0 saturated heterocycles. The summed E-state index contributed by atoms with van der Waals surface area (Å²) in [6.07, 6.45) is -3.31. The maximum atomic E-state index is 12.6. The van der Waals surface area contributed by atoms with Crippen LogP contribution in [-0.2, 0) is 17.1 Å². The van der Waals surface area contributed by atoms with E-state index in [0.717, 1.165) is 0 Å². The molecule has 88 valence electrons. The molecular weight excluding hydrogens is 307 g/mol. The molecule has 3 nitrogen and oxygen atoms in total. The fourth-order valence-corrected chi connectivity index (χ4v) is 2.04. The maximum absolute atomic E-state index is 12.6. The van der Waals surface area contributed by atoms with Gasteiger partial charge < -0.3 is 5.11 Å². The number of halogens is 4. The number of rotatable bonds is 4. The first kappa shape index (κ1) is 13.3. The normalized spacial score (nSPS) is 10.8. The number of nitrogens with zero attached hydrogens (tertiary/aromatic N) is 1. The van der Waals surface area contributed by atoms with Gasteiger partial charge in [-0.2, -0.15) is 0 Å². The van der Waals surface area contributed by atoms with Crippen LogP contribution in [0.25, 0.3) is 0 Å². The molecule has 1 N–H and O–H groups in total. The molecule has 0 spiro atoms. The van der Waals surface area contributed by atoms with E-state index in [2.05, 4.69) is 20.9 Å². The van der Waals surface area contributed by atoms with Crippen molar-refractivity contribution in [1.82, 2.24) is 4.98 Å². The van der Waals surface area contributed by atoms with Crippen molar-refractivity contribution in [3.05, 3.63) is 27.5 Å². The fourth-order valence-electron chi connectivity index (χ4n) is 1.17. The Morgan fingerprint density at radius 3 is 2.69 bits per heavy atom. The van der Waals surface area contributed by atoms with E-state index in [0.29, 0.717) is 4.47 Å². The maximum Gasteiger partial charge on any atom is 0.307 e. The van der Waals surface area contributed by atoms with Crippen molar-refractivity contribution in [2.75, 3.05) is 0 Å². The number of carboxylic acid groups (broad SMARTS) is 1. The second-order valence-corrected chi connectivity index (χ2v) is 4.09. The fraction of sp³-hybridized carbons (Fsp3) is 0.333. The van der Waals surface area contributed by atoms with Gasteiger partial charge in [-0.05, 0) is 27.6 Å². The van der Waals surface area contributed by atoms with Crippen LogP contribution in [0, 0.1) is 0 Å². The molecule has 1 heterocycles. The van der Waals surface area contributed by atoms with Crippen molar-refractivity contribution in [3.63, 3.8) is 0 Å². The highest BCUT2D eigenvalue weighted by molar-refractivity contribution is 9.10. The third-order valence-corrected chi connectivity index (χ3v) is 2.78. The second kappa shape index (κ2) is 5.54. The summed E-state index contributed by atoms with van der Waals surface area (Å²) < 4.78 is 25.7. The summed E-state index contributed by atoms with van der Waals surface area (Å²) in [6.45, 7) is 0. The Morgan fingerprint density at radius 2 is 2.25 bits per heavy atom. The zero-order chi connectivity index (χ0) is 12.3. The number of alkyl halides is 3. The summed E-state index contributed by atoms with van der Waals surface area (Å²) in [7, 11) is 0. The van der Waals surface area contributed by atoms with E-state index in [9.17, 15) is 13.6 Å². The number of aromatic nitrogens is 1. The number of carboxylic acids is 1. The van der Waals surface area contributed by atoms with Crippen LogP contribution in [0.15, 0.2) is 10.5 Å². The van der Waals surface area contributed by atoms with E-state index in [-0.39, 0.29) is 17.1 Å². The summed E-state index contributed by atoms with van der Waals surface area (Å²) in [5.74, 6) is -1.21. The molecule has 16 heavy (non-hydrogen) atoms. The van der Waals surface area contributed by atoms with E-state index in [1.807, 2.05) is 0 Å². The Labute approximate surface area is 104 Å². The zero-order valence-electron chi connectivity index (χ0n) is 7.88. The van der Waals surface area contributed by atoms with E-state index in [4.69, 9.17) is 16.7 Å². The van der Waals surface area contributed by atoms with Crippen LogP contribution in [0.2, 0.25) is 0 Å². The van der Waals surface area contributed by atoms with Gasteiger partial charge in [0.2, 0.25) is 0 Å². The monoisotopic (exact) mass is 313 g/mol. The van der Waals surface area contributed by atoms with Gasteiger partial charge >= 0.3 is 5.97 Å². The van der Waals surface area contributed by atoms with E-state index < -0.39 is 24.5 Å². The molecule has 0 bridgehead atoms. The SMILES string of the molecule is O=C(O)Cc1cc(Br)c(CCl)nc1C(F)F. The summed E-state index contributed by atoms with van der Waals surface area (Å²) in [5, 5.41) is 8.58. The van der Waals surface area contributed by atoms with Crippen molar-refractivity contribution in [3.8, 4) is 0 Å². The minimum atomic E-state index is -2.82. The molecule has 0 saturated carbocycles. The molecule has 1 aromatic rings. The number of aliphatic carboxylic acids is 1. The third-order valence-electron chi connectivity index (χ3n) is 1.84. The minimum absolute atomic E-state index is 0.0109. The van der Waals surface area contributed by atoms with Crippen molar-refractivity contribution in [2.45, 2.75) is 18.7 Å². The smallest absolute Gasteiger partial charge is 0.307 e. The molecule has 0 unspecified atom stereocenters. The van der Waals surface area contributed by atoms with Gasteiger partial charge in [0.1, 0.15) is 5.69 Å². The van der Waals surface area contributed by atoms with E-state index in [1.165, 1.54) is 6.07 Å². The molecule has 7 heteroatoms. The predicted molar refractivity (Wildman–Crippen MR) is 57.8 cm³/mol. The molecule has 0 aromatic carbocycles. The lowest BCUT2D eigenvalue weighted by molar-refractivity contribution is -0.136. The van der Waals surface area contributed by atoms with E-state index in [1.54, 1.807) is 0 Å².